The fraction of sp³-hybridized carbons (Fsp3) is 0.0833. The summed E-state index contributed by atoms with van der Waals surface area (Å²) >= 11 is 0. The number of carbonyl (C=O) groups excluding carboxylic acids is 2. The number of rotatable bonds is 6. The Hall–Kier alpha value is -3.86. The fourth-order valence-electron chi connectivity index (χ4n) is 2.73. The highest BCUT2D eigenvalue weighted by atomic mass is 16.5. The molecule has 3 rings (SSSR count). The Labute approximate surface area is 170 Å². The van der Waals surface area contributed by atoms with Gasteiger partial charge in [-0.2, -0.15) is 0 Å². The molecule has 3 aromatic carbocycles. The highest BCUT2D eigenvalue weighted by Gasteiger charge is 2.15. The molecule has 0 aromatic heterocycles. The summed E-state index contributed by atoms with van der Waals surface area (Å²) in [6.45, 7) is 1.91. The first-order valence-corrected chi connectivity index (χ1v) is 9.15. The van der Waals surface area contributed by atoms with Gasteiger partial charge in [0.2, 0.25) is 0 Å². The van der Waals surface area contributed by atoms with Crippen molar-refractivity contribution in [2.45, 2.75) is 6.92 Å². The second-order valence-corrected chi connectivity index (χ2v) is 6.47. The van der Waals surface area contributed by atoms with Crippen molar-refractivity contribution in [3.8, 4) is 5.75 Å². The van der Waals surface area contributed by atoms with Gasteiger partial charge in [-0.1, -0.05) is 48.0 Å². The van der Waals surface area contributed by atoms with E-state index in [4.69, 9.17) is 4.74 Å². The van der Waals surface area contributed by atoms with Crippen LogP contribution in [-0.4, -0.2) is 18.9 Å². The maximum Gasteiger partial charge on any atom is 0.272 e. The molecule has 0 saturated carbocycles. The first-order valence-electron chi connectivity index (χ1n) is 9.15. The van der Waals surface area contributed by atoms with Gasteiger partial charge < -0.3 is 15.4 Å². The van der Waals surface area contributed by atoms with Crippen LogP contribution in [0.25, 0.3) is 6.08 Å². The summed E-state index contributed by atoms with van der Waals surface area (Å²) in [6, 6.07) is 23.5. The van der Waals surface area contributed by atoms with Crippen LogP contribution < -0.4 is 15.4 Å². The molecule has 3 aromatic rings. The topological polar surface area (TPSA) is 67.4 Å². The third-order valence-electron chi connectivity index (χ3n) is 4.23. The normalized spacial score (nSPS) is 10.9. The van der Waals surface area contributed by atoms with E-state index >= 15 is 0 Å². The van der Waals surface area contributed by atoms with Crippen molar-refractivity contribution in [3.05, 3.63) is 101 Å². The second kappa shape index (κ2) is 9.37. The molecule has 5 heteroatoms. The van der Waals surface area contributed by atoms with Crippen LogP contribution in [0.2, 0.25) is 0 Å². The Kier molecular flexibility index (Phi) is 6.43. The second-order valence-electron chi connectivity index (χ2n) is 6.47. The molecule has 146 valence electrons. The van der Waals surface area contributed by atoms with Crippen LogP contribution in [-0.2, 0) is 4.79 Å². The minimum Gasteiger partial charge on any atom is -0.497 e. The Bertz CT molecular complexity index is 1030. The van der Waals surface area contributed by atoms with Crippen LogP contribution in [0.5, 0.6) is 5.75 Å². The number of methoxy groups -OCH3 is 1. The van der Waals surface area contributed by atoms with Gasteiger partial charge in [-0.3, -0.25) is 9.59 Å². The number of anilines is 1. The maximum absolute atomic E-state index is 12.9. The highest BCUT2D eigenvalue weighted by Crippen LogP contribution is 2.15. The smallest absolute Gasteiger partial charge is 0.272 e. The maximum atomic E-state index is 12.9. The Morgan fingerprint density at radius 2 is 1.62 bits per heavy atom. The minimum atomic E-state index is -0.409. The van der Waals surface area contributed by atoms with Gasteiger partial charge in [0.25, 0.3) is 11.8 Å². The summed E-state index contributed by atoms with van der Waals surface area (Å²) in [7, 11) is 1.59. The summed E-state index contributed by atoms with van der Waals surface area (Å²) < 4.78 is 5.16. The molecule has 0 aliphatic rings. The molecule has 0 heterocycles. The summed E-state index contributed by atoms with van der Waals surface area (Å²) in [6.07, 6.45) is 1.63. The molecule has 0 spiro atoms. The molecular formula is C24H22N2O3. The monoisotopic (exact) mass is 386 g/mol. The first-order chi connectivity index (χ1) is 14.0. The van der Waals surface area contributed by atoms with Gasteiger partial charge in [0, 0.05) is 11.3 Å². The fourth-order valence-corrected chi connectivity index (χ4v) is 2.73. The van der Waals surface area contributed by atoms with E-state index in [0.717, 1.165) is 11.1 Å². The quantitative estimate of drug-likeness (QED) is 0.617. The lowest BCUT2D eigenvalue weighted by Gasteiger charge is -2.12. The molecular weight excluding hydrogens is 364 g/mol. The third-order valence-corrected chi connectivity index (χ3v) is 4.23. The molecule has 0 saturated heterocycles. The van der Waals surface area contributed by atoms with Gasteiger partial charge in [-0.15, -0.1) is 0 Å². The summed E-state index contributed by atoms with van der Waals surface area (Å²) in [5, 5.41) is 5.54. The number of benzene rings is 3. The van der Waals surface area contributed by atoms with E-state index in [2.05, 4.69) is 10.6 Å². The number of amides is 2. The van der Waals surface area contributed by atoms with E-state index in [1.54, 1.807) is 55.7 Å². The number of hydrogen-bond donors (Lipinski definition) is 2. The van der Waals surface area contributed by atoms with E-state index in [-0.39, 0.29) is 11.6 Å². The van der Waals surface area contributed by atoms with Crippen molar-refractivity contribution in [3.63, 3.8) is 0 Å². The van der Waals surface area contributed by atoms with Crippen LogP contribution in [0, 0.1) is 6.92 Å². The molecule has 0 atom stereocenters. The van der Waals surface area contributed by atoms with Gasteiger partial charge in [0.1, 0.15) is 11.4 Å². The van der Waals surface area contributed by atoms with Crippen molar-refractivity contribution in [1.29, 1.82) is 0 Å². The average Bonchev–Trinajstić information content (AvgIpc) is 2.74. The zero-order chi connectivity index (χ0) is 20.6. The summed E-state index contributed by atoms with van der Waals surface area (Å²) in [5.74, 6) is -0.0501. The number of carbonyl (C=O) groups is 2. The Morgan fingerprint density at radius 3 is 2.28 bits per heavy atom. The molecule has 0 radical (unpaired) electrons. The minimum absolute atomic E-state index is 0.144. The van der Waals surface area contributed by atoms with Gasteiger partial charge in [-0.25, -0.2) is 0 Å². The van der Waals surface area contributed by atoms with Gasteiger partial charge >= 0.3 is 0 Å². The average molecular weight is 386 g/mol. The molecule has 0 aliphatic carbocycles. The van der Waals surface area contributed by atoms with Crippen molar-refractivity contribution in [2.75, 3.05) is 12.4 Å². The SMILES string of the molecule is COc1ccc(C=C(NC(=O)c2cccc(C)c2)C(=O)Nc2ccccc2)cc1. The molecule has 0 aliphatic heterocycles. The number of aryl methyl sites for hydroxylation is 1. The zero-order valence-corrected chi connectivity index (χ0v) is 16.3. The van der Waals surface area contributed by atoms with Crippen LogP contribution in [0.3, 0.4) is 0 Å². The van der Waals surface area contributed by atoms with Crippen LogP contribution in [0.4, 0.5) is 5.69 Å². The summed E-state index contributed by atoms with van der Waals surface area (Å²) in [4.78, 5) is 25.6. The standard InChI is InChI=1S/C24H22N2O3/c1-17-7-6-8-19(15-17)23(27)26-22(16-18-11-13-21(29-2)14-12-18)24(28)25-20-9-4-3-5-10-20/h3-16H,1-2H3,(H,25,28)(H,26,27). The van der Waals surface area contributed by atoms with Crippen LogP contribution in [0.15, 0.2) is 84.6 Å². The zero-order valence-electron chi connectivity index (χ0n) is 16.3. The Balaban J connectivity index is 1.88. The van der Waals surface area contributed by atoms with Crippen molar-refractivity contribution in [1.82, 2.24) is 5.32 Å². The molecule has 2 amide bonds. The first kappa shape index (κ1) is 19.9. The van der Waals surface area contributed by atoms with E-state index in [9.17, 15) is 9.59 Å². The van der Waals surface area contributed by atoms with Gasteiger partial charge in [0.05, 0.1) is 7.11 Å². The predicted molar refractivity (Wildman–Crippen MR) is 115 cm³/mol. The molecule has 29 heavy (non-hydrogen) atoms. The number of nitrogens with one attached hydrogen (secondary N) is 2. The summed E-state index contributed by atoms with van der Waals surface area (Å²) in [5.41, 5.74) is 2.99. The van der Waals surface area contributed by atoms with E-state index in [0.29, 0.717) is 17.0 Å². The molecule has 0 bridgehead atoms. The largest absolute Gasteiger partial charge is 0.497 e. The number of hydrogen-bond acceptors (Lipinski definition) is 3. The van der Waals surface area contributed by atoms with Gasteiger partial charge in [-0.05, 0) is 55.0 Å². The highest BCUT2D eigenvalue weighted by molar-refractivity contribution is 6.10. The van der Waals surface area contributed by atoms with Crippen LogP contribution >= 0.6 is 0 Å². The molecule has 0 fully saturated rings. The molecule has 5 nitrogen and oxygen atoms in total. The van der Waals surface area contributed by atoms with Crippen LogP contribution in [0.1, 0.15) is 21.5 Å². The van der Waals surface area contributed by atoms with E-state index < -0.39 is 5.91 Å². The van der Waals surface area contributed by atoms with Crippen molar-refractivity contribution < 1.29 is 14.3 Å². The van der Waals surface area contributed by atoms with E-state index in [1.807, 2.05) is 43.3 Å². The molecule has 2 N–H and O–H groups in total. The van der Waals surface area contributed by atoms with Crippen molar-refractivity contribution >= 4 is 23.6 Å². The van der Waals surface area contributed by atoms with Crippen molar-refractivity contribution in [2.24, 2.45) is 0 Å². The lowest BCUT2D eigenvalue weighted by atomic mass is 10.1. The molecule has 0 unspecified atom stereocenters. The van der Waals surface area contributed by atoms with E-state index in [1.165, 1.54) is 0 Å². The third kappa shape index (κ3) is 5.56. The number of ether oxygens (including phenoxy) is 1. The van der Waals surface area contributed by atoms with Gasteiger partial charge in [0.15, 0.2) is 0 Å². The lowest BCUT2D eigenvalue weighted by molar-refractivity contribution is -0.113. The lowest BCUT2D eigenvalue weighted by Crippen LogP contribution is -2.30. The predicted octanol–water partition coefficient (Wildman–Crippen LogP) is 4.41. The Morgan fingerprint density at radius 1 is 0.897 bits per heavy atom. The number of para-hydroxylation sites is 1.